The highest BCUT2D eigenvalue weighted by Gasteiger charge is 2.29. The molecule has 3 rings (SSSR count). The van der Waals surface area contributed by atoms with Crippen LogP contribution in [0.3, 0.4) is 0 Å². The molecule has 0 amide bonds. The van der Waals surface area contributed by atoms with Gasteiger partial charge in [0.2, 0.25) is 0 Å². The van der Waals surface area contributed by atoms with Crippen LogP contribution in [0.15, 0.2) is 42.5 Å². The summed E-state index contributed by atoms with van der Waals surface area (Å²) in [4.78, 5) is 0. The van der Waals surface area contributed by atoms with Gasteiger partial charge in [0.05, 0.1) is 0 Å². The molecule has 0 saturated carbocycles. The van der Waals surface area contributed by atoms with Gasteiger partial charge in [-0.2, -0.15) is 0 Å². The largest absolute Gasteiger partial charge is 0.312 e. The van der Waals surface area contributed by atoms with Crippen molar-refractivity contribution in [1.29, 1.82) is 0 Å². The Hall–Kier alpha value is -1.38. The maximum atomic E-state index is 3.67. The molecule has 1 fully saturated rings. The summed E-state index contributed by atoms with van der Waals surface area (Å²) in [7, 11) is 0. The predicted octanol–water partition coefficient (Wildman–Crippen LogP) is 3.11. The molecule has 1 aliphatic heterocycles. The first-order valence-electron chi connectivity index (χ1n) is 7.58. The number of fused-ring (bicyclic) bond motifs is 1. The van der Waals surface area contributed by atoms with Crippen LogP contribution in [-0.4, -0.2) is 24.7 Å². The van der Waals surface area contributed by atoms with Crippen LogP contribution < -0.4 is 10.6 Å². The number of benzene rings is 2. The summed E-state index contributed by atoms with van der Waals surface area (Å²) in [5, 5.41) is 9.89. The molecular formula is C18H24N2. The van der Waals surface area contributed by atoms with E-state index in [1.165, 1.54) is 22.8 Å². The third-order valence-electron chi connectivity index (χ3n) is 4.24. The summed E-state index contributed by atoms with van der Waals surface area (Å²) in [6.07, 6.45) is 2.31. The van der Waals surface area contributed by atoms with Crippen molar-refractivity contribution in [1.82, 2.24) is 10.6 Å². The van der Waals surface area contributed by atoms with E-state index in [0.29, 0.717) is 11.6 Å². The first-order chi connectivity index (χ1) is 9.62. The van der Waals surface area contributed by atoms with Crippen LogP contribution in [0.4, 0.5) is 0 Å². The van der Waals surface area contributed by atoms with Crippen LogP contribution in [0.25, 0.3) is 10.8 Å². The van der Waals surface area contributed by atoms with Gasteiger partial charge in [0, 0.05) is 18.1 Å². The maximum absolute atomic E-state index is 3.67. The standard InChI is InChI=1S/C18H24N2/c1-18(2)12-17(13-20-18)19-10-9-14-7-8-15-5-3-4-6-16(15)11-14/h3-8,11,17,19-20H,9-10,12-13H2,1-2H3. The smallest absolute Gasteiger partial charge is 0.0210 e. The zero-order valence-corrected chi connectivity index (χ0v) is 12.4. The summed E-state index contributed by atoms with van der Waals surface area (Å²) < 4.78 is 0. The van der Waals surface area contributed by atoms with Crippen molar-refractivity contribution in [3.63, 3.8) is 0 Å². The van der Waals surface area contributed by atoms with Crippen molar-refractivity contribution in [3.8, 4) is 0 Å². The van der Waals surface area contributed by atoms with Gasteiger partial charge in [-0.05, 0) is 49.6 Å². The van der Waals surface area contributed by atoms with Crippen molar-refractivity contribution in [2.75, 3.05) is 13.1 Å². The molecule has 2 N–H and O–H groups in total. The minimum Gasteiger partial charge on any atom is -0.312 e. The number of nitrogens with one attached hydrogen (secondary N) is 2. The van der Waals surface area contributed by atoms with Gasteiger partial charge in [0.25, 0.3) is 0 Å². The fourth-order valence-electron chi connectivity index (χ4n) is 3.12. The van der Waals surface area contributed by atoms with Gasteiger partial charge in [0.1, 0.15) is 0 Å². The minimum absolute atomic E-state index is 0.292. The lowest BCUT2D eigenvalue weighted by molar-refractivity contribution is 0.443. The van der Waals surface area contributed by atoms with Crippen LogP contribution in [0, 0.1) is 0 Å². The molecule has 1 unspecified atom stereocenters. The molecule has 2 heteroatoms. The molecular weight excluding hydrogens is 244 g/mol. The van der Waals surface area contributed by atoms with Crippen molar-refractivity contribution in [2.45, 2.75) is 38.3 Å². The second kappa shape index (κ2) is 5.55. The highest BCUT2D eigenvalue weighted by molar-refractivity contribution is 5.82. The second-order valence-electron chi connectivity index (χ2n) is 6.55. The normalized spacial score (nSPS) is 21.4. The Morgan fingerprint density at radius 3 is 2.70 bits per heavy atom. The molecule has 0 spiro atoms. The number of hydrogen-bond acceptors (Lipinski definition) is 2. The quantitative estimate of drug-likeness (QED) is 0.890. The molecule has 0 aromatic heterocycles. The summed E-state index contributed by atoms with van der Waals surface area (Å²) in [5.74, 6) is 0. The zero-order chi connectivity index (χ0) is 14.0. The van der Waals surface area contributed by atoms with Crippen LogP contribution in [0.1, 0.15) is 25.8 Å². The Morgan fingerprint density at radius 2 is 1.95 bits per heavy atom. The van der Waals surface area contributed by atoms with Gasteiger partial charge >= 0.3 is 0 Å². The maximum Gasteiger partial charge on any atom is 0.0210 e. The molecule has 2 nitrogen and oxygen atoms in total. The second-order valence-corrected chi connectivity index (χ2v) is 6.55. The highest BCUT2D eigenvalue weighted by Crippen LogP contribution is 2.18. The van der Waals surface area contributed by atoms with E-state index in [4.69, 9.17) is 0 Å². The van der Waals surface area contributed by atoms with Gasteiger partial charge in [0.15, 0.2) is 0 Å². The Labute approximate surface area is 121 Å². The molecule has 2 aromatic carbocycles. The molecule has 1 heterocycles. The lowest BCUT2D eigenvalue weighted by Gasteiger charge is -2.17. The van der Waals surface area contributed by atoms with Crippen LogP contribution in [0.2, 0.25) is 0 Å². The van der Waals surface area contributed by atoms with Gasteiger partial charge in [-0.25, -0.2) is 0 Å². The molecule has 2 aromatic rings. The van der Waals surface area contributed by atoms with Crippen molar-refractivity contribution < 1.29 is 0 Å². The van der Waals surface area contributed by atoms with Crippen LogP contribution >= 0.6 is 0 Å². The fraction of sp³-hybridized carbons (Fsp3) is 0.444. The molecule has 1 atom stereocenters. The van der Waals surface area contributed by atoms with E-state index in [9.17, 15) is 0 Å². The van der Waals surface area contributed by atoms with E-state index in [1.54, 1.807) is 0 Å². The molecule has 0 radical (unpaired) electrons. The van der Waals surface area contributed by atoms with Gasteiger partial charge < -0.3 is 10.6 Å². The Morgan fingerprint density at radius 1 is 1.15 bits per heavy atom. The zero-order valence-electron chi connectivity index (χ0n) is 12.4. The van der Waals surface area contributed by atoms with Crippen LogP contribution in [-0.2, 0) is 6.42 Å². The third-order valence-corrected chi connectivity index (χ3v) is 4.24. The fourth-order valence-corrected chi connectivity index (χ4v) is 3.12. The lowest BCUT2D eigenvalue weighted by Crippen LogP contribution is -2.32. The van der Waals surface area contributed by atoms with Crippen molar-refractivity contribution >= 4 is 10.8 Å². The van der Waals surface area contributed by atoms with E-state index in [-0.39, 0.29) is 0 Å². The highest BCUT2D eigenvalue weighted by atomic mass is 15.1. The first kappa shape index (κ1) is 13.6. The Bertz CT molecular complexity index is 589. The molecule has 1 aliphatic rings. The average Bonchev–Trinajstić information content (AvgIpc) is 2.78. The number of hydrogen-bond donors (Lipinski definition) is 2. The monoisotopic (exact) mass is 268 g/mol. The summed E-state index contributed by atoms with van der Waals surface area (Å²) >= 11 is 0. The van der Waals surface area contributed by atoms with E-state index >= 15 is 0 Å². The topological polar surface area (TPSA) is 24.1 Å². The lowest BCUT2D eigenvalue weighted by atomic mass is 10.0. The Balaban J connectivity index is 1.55. The molecule has 1 saturated heterocycles. The van der Waals surface area contributed by atoms with Gasteiger partial charge in [-0.15, -0.1) is 0 Å². The van der Waals surface area contributed by atoms with Crippen molar-refractivity contribution in [3.05, 3.63) is 48.0 Å². The third kappa shape index (κ3) is 3.20. The average molecular weight is 268 g/mol. The van der Waals surface area contributed by atoms with E-state index < -0.39 is 0 Å². The Kier molecular flexibility index (Phi) is 3.77. The number of rotatable bonds is 4. The van der Waals surface area contributed by atoms with E-state index in [1.807, 2.05) is 0 Å². The van der Waals surface area contributed by atoms with E-state index in [2.05, 4.69) is 66.9 Å². The first-order valence-corrected chi connectivity index (χ1v) is 7.58. The molecule has 20 heavy (non-hydrogen) atoms. The molecule has 106 valence electrons. The summed E-state index contributed by atoms with van der Waals surface area (Å²) in [6.45, 7) is 6.70. The summed E-state index contributed by atoms with van der Waals surface area (Å²) in [6, 6.07) is 16.0. The van der Waals surface area contributed by atoms with Gasteiger partial charge in [-0.1, -0.05) is 42.5 Å². The summed E-state index contributed by atoms with van der Waals surface area (Å²) in [5.41, 5.74) is 1.71. The van der Waals surface area contributed by atoms with E-state index in [0.717, 1.165) is 19.5 Å². The SMILES string of the molecule is CC1(C)CC(NCCc2ccc3ccccc3c2)CN1. The molecule has 0 aliphatic carbocycles. The minimum atomic E-state index is 0.292. The predicted molar refractivity (Wildman–Crippen MR) is 86.1 cm³/mol. The van der Waals surface area contributed by atoms with Gasteiger partial charge in [-0.3, -0.25) is 0 Å². The van der Waals surface area contributed by atoms with Crippen molar-refractivity contribution in [2.24, 2.45) is 0 Å². The molecule has 0 bridgehead atoms. The van der Waals surface area contributed by atoms with Crippen LogP contribution in [0.5, 0.6) is 0 Å².